The number of aliphatic hydroxyl groups is 2. The fraction of sp³-hybridized carbons (Fsp3) is 0.742. The Bertz CT molecular complexity index is 925. The zero-order chi connectivity index (χ0) is 29.1. The van der Waals surface area contributed by atoms with Crippen LogP contribution in [0.25, 0.3) is 0 Å². The van der Waals surface area contributed by atoms with E-state index in [4.69, 9.17) is 4.74 Å². The van der Waals surface area contributed by atoms with E-state index in [2.05, 4.69) is 25.2 Å². The third kappa shape index (κ3) is 10.2. The maximum Gasteiger partial charge on any atom is 0.308 e. The second-order valence-corrected chi connectivity index (χ2v) is 12.1. The zero-order valence-corrected chi connectivity index (χ0v) is 24.2. The number of allylic oxidation sites excluding steroid dienone is 2. The van der Waals surface area contributed by atoms with Crippen molar-refractivity contribution >= 4 is 18.2 Å². The minimum absolute atomic E-state index is 0.0892. The van der Waals surface area contributed by atoms with Gasteiger partial charge in [0.2, 0.25) is 5.91 Å². The molecule has 0 bridgehead atoms. The Morgan fingerprint density at radius 1 is 1.13 bits per heavy atom. The molecule has 0 aromatic carbocycles. The van der Waals surface area contributed by atoms with E-state index in [1.165, 1.54) is 0 Å². The number of nitriles is 1. The quantitative estimate of drug-likeness (QED) is 0.355. The molecule has 0 spiro atoms. The average molecular weight is 545 g/mol. The molecule has 218 valence electrons. The largest absolute Gasteiger partial charge is 0.462 e. The summed E-state index contributed by atoms with van der Waals surface area (Å²) in [4.78, 5) is 36.9. The van der Waals surface area contributed by atoms with Gasteiger partial charge in [0.05, 0.1) is 36.3 Å². The Balaban J connectivity index is 2.33. The van der Waals surface area contributed by atoms with Crippen LogP contribution in [-0.2, 0) is 19.1 Å². The number of rotatable bonds is 4. The fourth-order valence-electron chi connectivity index (χ4n) is 6.35. The number of nitrogens with one attached hydrogen (secondary N) is 1. The first-order valence-corrected chi connectivity index (χ1v) is 14.5. The van der Waals surface area contributed by atoms with Crippen molar-refractivity contribution in [2.24, 2.45) is 35.5 Å². The Morgan fingerprint density at radius 3 is 2.44 bits per heavy atom. The van der Waals surface area contributed by atoms with Gasteiger partial charge in [-0.2, -0.15) is 5.26 Å². The van der Waals surface area contributed by atoms with E-state index < -0.39 is 36.2 Å². The van der Waals surface area contributed by atoms with Crippen LogP contribution in [0.4, 0.5) is 0 Å². The van der Waals surface area contributed by atoms with Crippen LogP contribution in [0.3, 0.4) is 0 Å². The lowest BCUT2D eigenvalue weighted by Gasteiger charge is -2.29. The molecule has 0 unspecified atom stereocenters. The lowest BCUT2D eigenvalue weighted by molar-refractivity contribution is -0.156. The second-order valence-electron chi connectivity index (χ2n) is 12.1. The minimum atomic E-state index is -0.881. The first-order valence-electron chi connectivity index (χ1n) is 14.5. The maximum atomic E-state index is 13.0. The van der Waals surface area contributed by atoms with E-state index >= 15 is 0 Å². The first kappa shape index (κ1) is 32.7. The Labute approximate surface area is 233 Å². The zero-order valence-electron chi connectivity index (χ0n) is 24.2. The molecule has 0 aromatic rings. The summed E-state index contributed by atoms with van der Waals surface area (Å²) in [5, 5.41) is 34.0. The summed E-state index contributed by atoms with van der Waals surface area (Å²) in [6, 6.07) is 1.52. The number of ether oxygens (including phenoxy) is 1. The topological polar surface area (TPSA) is 137 Å². The highest BCUT2D eigenvalue weighted by atomic mass is 16.5. The van der Waals surface area contributed by atoms with Crippen molar-refractivity contribution < 1.29 is 29.3 Å². The van der Waals surface area contributed by atoms with Gasteiger partial charge in [0.25, 0.3) is 0 Å². The van der Waals surface area contributed by atoms with Gasteiger partial charge in [0, 0.05) is 18.3 Å². The van der Waals surface area contributed by atoms with E-state index in [-0.39, 0.29) is 35.7 Å². The van der Waals surface area contributed by atoms with Gasteiger partial charge < -0.3 is 25.1 Å². The predicted molar refractivity (Wildman–Crippen MR) is 149 cm³/mol. The number of nitrogens with zero attached hydrogens (tertiary/aromatic N) is 1. The van der Waals surface area contributed by atoms with Gasteiger partial charge in [-0.25, -0.2) is 0 Å². The maximum absolute atomic E-state index is 13.0. The van der Waals surface area contributed by atoms with E-state index in [9.17, 15) is 29.9 Å². The normalized spacial score (nSPS) is 38.6. The van der Waals surface area contributed by atoms with E-state index in [0.29, 0.717) is 37.4 Å². The lowest BCUT2D eigenvalue weighted by atomic mass is 9.82. The number of aliphatic hydroxyl groups excluding tert-OH is 2. The van der Waals surface area contributed by atoms with Crippen LogP contribution in [0.1, 0.15) is 86.0 Å². The van der Waals surface area contributed by atoms with Crippen LogP contribution in [0.5, 0.6) is 0 Å². The molecular weight excluding hydrogens is 496 g/mol. The van der Waals surface area contributed by atoms with Gasteiger partial charge in [-0.1, -0.05) is 46.3 Å². The molecule has 1 aliphatic heterocycles. The molecule has 8 heteroatoms. The summed E-state index contributed by atoms with van der Waals surface area (Å²) in [7, 11) is 0. The summed E-state index contributed by atoms with van der Waals surface area (Å²) in [5.41, 5.74) is 0.284. The first-order chi connectivity index (χ1) is 18.5. The second kappa shape index (κ2) is 15.9. The smallest absolute Gasteiger partial charge is 0.308 e. The number of hydrogen-bond acceptors (Lipinski definition) is 7. The molecule has 2 aliphatic rings. The third-order valence-corrected chi connectivity index (χ3v) is 8.39. The molecule has 3 N–H and O–H groups in total. The van der Waals surface area contributed by atoms with Crippen molar-refractivity contribution in [2.45, 2.75) is 110 Å². The molecule has 1 heterocycles. The number of hydrogen-bond donors (Lipinski definition) is 3. The number of amides is 1. The summed E-state index contributed by atoms with van der Waals surface area (Å²) in [5.74, 6) is -0.883. The molecule has 0 radical (unpaired) electrons. The van der Waals surface area contributed by atoms with Gasteiger partial charge in [0.1, 0.15) is 12.4 Å². The SMILES string of the molecule is C[C@@H]1C[C@H](C)C[C@H](C)[C@@H](O)CC(=O)O[C@H]([C@@H]2CCC[C@H]2C(=O)N[C@H](C)C=O)C/C=C/C=C(/C#N)[C@H](O)[C@@H](C)C1. The Morgan fingerprint density at radius 2 is 1.79 bits per heavy atom. The van der Waals surface area contributed by atoms with Crippen molar-refractivity contribution in [3.05, 3.63) is 23.8 Å². The number of esters is 1. The van der Waals surface area contributed by atoms with Crippen LogP contribution >= 0.6 is 0 Å². The molecule has 1 amide bonds. The predicted octanol–water partition coefficient (Wildman–Crippen LogP) is 4.25. The fourth-order valence-corrected chi connectivity index (χ4v) is 6.35. The third-order valence-electron chi connectivity index (χ3n) is 8.39. The van der Waals surface area contributed by atoms with Crippen LogP contribution in [0.15, 0.2) is 23.8 Å². The summed E-state index contributed by atoms with van der Waals surface area (Å²) in [6.45, 7) is 9.79. The molecule has 0 aromatic heterocycles. The number of carbonyl (C=O) groups excluding carboxylic acids is 3. The van der Waals surface area contributed by atoms with E-state index in [1.807, 2.05) is 13.8 Å². The number of cyclic esters (lactones) is 1. The van der Waals surface area contributed by atoms with Gasteiger partial charge in [-0.15, -0.1) is 0 Å². The molecule has 8 nitrogen and oxygen atoms in total. The average Bonchev–Trinajstić information content (AvgIpc) is 3.36. The summed E-state index contributed by atoms with van der Waals surface area (Å²) in [6.07, 6.45) is 8.25. The van der Waals surface area contributed by atoms with Crippen molar-refractivity contribution in [3.8, 4) is 6.07 Å². The van der Waals surface area contributed by atoms with E-state index in [0.717, 1.165) is 25.7 Å². The monoisotopic (exact) mass is 544 g/mol. The minimum Gasteiger partial charge on any atom is -0.462 e. The molecule has 10 atom stereocenters. The van der Waals surface area contributed by atoms with Crippen LogP contribution in [-0.4, -0.2) is 52.7 Å². The summed E-state index contributed by atoms with van der Waals surface area (Å²) < 4.78 is 5.91. The summed E-state index contributed by atoms with van der Waals surface area (Å²) >= 11 is 0. The molecular formula is C31H48N2O6. The molecule has 2 rings (SSSR count). The number of aldehydes is 1. The molecule has 1 aliphatic carbocycles. The highest BCUT2D eigenvalue weighted by Gasteiger charge is 2.40. The van der Waals surface area contributed by atoms with Crippen molar-refractivity contribution in [3.63, 3.8) is 0 Å². The Hall–Kier alpha value is -2.50. The number of carbonyl (C=O) groups is 3. The molecule has 1 saturated carbocycles. The van der Waals surface area contributed by atoms with Crippen LogP contribution < -0.4 is 5.32 Å². The van der Waals surface area contributed by atoms with Crippen molar-refractivity contribution in [2.75, 3.05) is 0 Å². The van der Waals surface area contributed by atoms with Gasteiger partial charge >= 0.3 is 5.97 Å². The molecule has 39 heavy (non-hydrogen) atoms. The van der Waals surface area contributed by atoms with Gasteiger partial charge in [-0.3, -0.25) is 9.59 Å². The van der Waals surface area contributed by atoms with Gasteiger partial charge in [-0.05, 0) is 68.8 Å². The highest BCUT2D eigenvalue weighted by molar-refractivity contribution is 5.82. The lowest BCUT2D eigenvalue weighted by Crippen LogP contribution is -2.42. The standard InChI is InChI=1S/C31H48N2O6/c1-19-13-20(2)15-22(4)30(37)24(17-32)9-6-7-12-28(39-29(36)16-27(35)21(3)14-19)25-10-8-11-26(25)31(38)33-23(5)18-34/h6-7,9,18-23,25-28,30,35,37H,8,10-16H2,1-5H3,(H,33,38)/b7-6+,24-9-/t19-,20+,21-,22-,23+,25+,26+,27-,28-,30+/m0/s1. The van der Waals surface area contributed by atoms with Crippen LogP contribution in [0.2, 0.25) is 0 Å². The molecule has 1 fully saturated rings. The molecule has 0 saturated heterocycles. The van der Waals surface area contributed by atoms with Gasteiger partial charge in [0.15, 0.2) is 0 Å². The van der Waals surface area contributed by atoms with E-state index in [1.54, 1.807) is 25.2 Å². The van der Waals surface area contributed by atoms with Crippen molar-refractivity contribution in [1.82, 2.24) is 5.32 Å². The van der Waals surface area contributed by atoms with Crippen molar-refractivity contribution in [1.29, 1.82) is 5.26 Å². The van der Waals surface area contributed by atoms with Crippen LogP contribution in [0, 0.1) is 46.8 Å². The Kier molecular flexibility index (Phi) is 13.4. The highest BCUT2D eigenvalue weighted by Crippen LogP contribution is 2.37.